The second-order valence-electron chi connectivity index (χ2n) is 13.8. The SMILES string of the molecule is CC(=O)OC1CC(=O)N1c1cccc(CN2C(=O)[C@]3(O[C@H](CC(=O)N(CCO)Cc4ccccc4)[C@@H]([Si](C)(C)O)[C@@H]3C)c3cc(Br)ccc32)c1. The zero-order valence-electron chi connectivity index (χ0n) is 28.5. The van der Waals surface area contributed by atoms with E-state index < -0.39 is 43.7 Å². The number of anilines is 2. The molecule has 3 amide bonds. The molecule has 264 valence electrons. The number of carbonyl (C=O) groups is 4. The van der Waals surface area contributed by atoms with E-state index >= 15 is 0 Å². The second-order valence-corrected chi connectivity index (χ2v) is 18.7. The Hall–Kier alpha value is -3.88. The van der Waals surface area contributed by atoms with Gasteiger partial charge in [0, 0.05) is 47.2 Å². The minimum absolute atomic E-state index is 0.0629. The van der Waals surface area contributed by atoms with E-state index in [1.807, 2.05) is 74.6 Å². The Morgan fingerprint density at radius 3 is 2.44 bits per heavy atom. The van der Waals surface area contributed by atoms with Crippen LogP contribution in [0.1, 0.15) is 43.4 Å². The normalized spacial score (nSPS) is 24.4. The number of hydrogen-bond donors (Lipinski definition) is 2. The van der Waals surface area contributed by atoms with Gasteiger partial charge in [0.25, 0.3) is 5.91 Å². The molecular formula is C37H42BrN3O8Si. The Morgan fingerprint density at radius 2 is 1.78 bits per heavy atom. The first kappa shape index (κ1) is 35.9. The number of hydrogen-bond acceptors (Lipinski definition) is 8. The number of aliphatic hydroxyl groups excluding tert-OH is 1. The van der Waals surface area contributed by atoms with Crippen molar-refractivity contribution in [2.45, 2.75) is 76.3 Å². The third kappa shape index (κ3) is 6.64. The fraction of sp³-hybridized carbons (Fsp3) is 0.405. The van der Waals surface area contributed by atoms with Crippen LogP contribution in [-0.4, -0.2) is 72.3 Å². The molecule has 6 rings (SSSR count). The average Bonchev–Trinajstić information content (AvgIpc) is 3.47. The summed E-state index contributed by atoms with van der Waals surface area (Å²) in [4.78, 5) is 69.3. The van der Waals surface area contributed by atoms with E-state index in [1.54, 1.807) is 28.0 Å². The van der Waals surface area contributed by atoms with E-state index in [0.717, 1.165) is 15.6 Å². The van der Waals surface area contributed by atoms with Crippen molar-refractivity contribution < 1.29 is 38.6 Å². The predicted molar refractivity (Wildman–Crippen MR) is 192 cm³/mol. The average molecular weight is 765 g/mol. The van der Waals surface area contributed by atoms with Gasteiger partial charge in [-0.25, -0.2) is 0 Å². The molecule has 1 spiro atoms. The highest BCUT2D eigenvalue weighted by molar-refractivity contribution is 9.10. The zero-order valence-corrected chi connectivity index (χ0v) is 31.1. The third-order valence-electron chi connectivity index (χ3n) is 10.00. The molecule has 3 aliphatic heterocycles. The van der Waals surface area contributed by atoms with E-state index in [2.05, 4.69) is 15.9 Å². The number of aliphatic hydroxyl groups is 1. The number of β-lactam (4-membered cyclic amide) rings is 1. The molecule has 2 fully saturated rings. The van der Waals surface area contributed by atoms with E-state index in [0.29, 0.717) is 23.5 Å². The number of carbonyl (C=O) groups excluding carboxylic acids is 4. The quantitative estimate of drug-likeness (QED) is 0.161. The van der Waals surface area contributed by atoms with Gasteiger partial charge in [-0.05, 0) is 54.6 Å². The predicted octanol–water partition coefficient (Wildman–Crippen LogP) is 4.83. The topological polar surface area (TPSA) is 137 Å². The summed E-state index contributed by atoms with van der Waals surface area (Å²) in [5.74, 6) is -1.66. The fourth-order valence-corrected chi connectivity index (χ4v) is 10.8. The van der Waals surface area contributed by atoms with Crippen molar-refractivity contribution in [3.63, 3.8) is 0 Å². The van der Waals surface area contributed by atoms with E-state index in [4.69, 9.17) is 9.47 Å². The van der Waals surface area contributed by atoms with Gasteiger partial charge in [0.2, 0.25) is 11.8 Å². The molecule has 3 heterocycles. The lowest BCUT2D eigenvalue weighted by molar-refractivity contribution is -0.154. The lowest BCUT2D eigenvalue weighted by Gasteiger charge is -2.39. The van der Waals surface area contributed by atoms with Gasteiger partial charge < -0.3 is 29.2 Å². The summed E-state index contributed by atoms with van der Waals surface area (Å²) in [6, 6.07) is 22.3. The van der Waals surface area contributed by atoms with Crippen LogP contribution in [0.2, 0.25) is 18.6 Å². The molecular weight excluding hydrogens is 722 g/mol. The molecule has 11 nitrogen and oxygen atoms in total. The number of halogens is 1. The molecule has 2 N–H and O–H groups in total. The van der Waals surface area contributed by atoms with Gasteiger partial charge in [-0.2, -0.15) is 0 Å². The number of benzene rings is 3. The second kappa shape index (κ2) is 14.0. The third-order valence-corrected chi connectivity index (χ3v) is 13.0. The van der Waals surface area contributed by atoms with Crippen molar-refractivity contribution in [3.8, 4) is 0 Å². The molecule has 0 aromatic heterocycles. The Labute approximate surface area is 301 Å². The first-order valence-corrected chi connectivity index (χ1v) is 20.6. The maximum absolute atomic E-state index is 14.9. The Morgan fingerprint density at radius 1 is 1.06 bits per heavy atom. The van der Waals surface area contributed by atoms with Crippen LogP contribution in [0.5, 0.6) is 0 Å². The molecule has 1 unspecified atom stereocenters. The first-order valence-electron chi connectivity index (χ1n) is 16.8. The van der Waals surface area contributed by atoms with Crippen LogP contribution in [0.4, 0.5) is 11.4 Å². The van der Waals surface area contributed by atoms with Crippen molar-refractivity contribution in [3.05, 3.63) is 94.0 Å². The van der Waals surface area contributed by atoms with Crippen molar-refractivity contribution >= 4 is 59.3 Å². The monoisotopic (exact) mass is 763 g/mol. The Kier molecular flexibility index (Phi) is 10.1. The molecule has 3 aromatic carbocycles. The highest BCUT2D eigenvalue weighted by Crippen LogP contribution is 2.60. The lowest BCUT2D eigenvalue weighted by atomic mass is 9.82. The van der Waals surface area contributed by atoms with Crippen LogP contribution in [-0.2, 0) is 47.3 Å². The summed E-state index contributed by atoms with van der Waals surface area (Å²) in [7, 11) is -3.04. The maximum atomic E-state index is 14.9. The van der Waals surface area contributed by atoms with Crippen LogP contribution < -0.4 is 9.80 Å². The van der Waals surface area contributed by atoms with E-state index in [1.165, 1.54) is 11.8 Å². The van der Waals surface area contributed by atoms with Gasteiger partial charge >= 0.3 is 5.97 Å². The summed E-state index contributed by atoms with van der Waals surface area (Å²) in [6.07, 6.45) is -1.39. The number of amides is 3. The Bertz CT molecular complexity index is 1800. The van der Waals surface area contributed by atoms with Gasteiger partial charge in [-0.1, -0.05) is 65.3 Å². The van der Waals surface area contributed by atoms with Crippen molar-refractivity contribution in [1.82, 2.24) is 4.90 Å². The van der Waals surface area contributed by atoms with Crippen molar-refractivity contribution in [2.75, 3.05) is 23.0 Å². The van der Waals surface area contributed by atoms with Crippen LogP contribution in [0.3, 0.4) is 0 Å². The molecule has 50 heavy (non-hydrogen) atoms. The van der Waals surface area contributed by atoms with Gasteiger partial charge in [-0.3, -0.25) is 24.1 Å². The lowest BCUT2D eigenvalue weighted by Crippen LogP contribution is -2.54. The summed E-state index contributed by atoms with van der Waals surface area (Å²) in [5, 5.41) is 9.81. The summed E-state index contributed by atoms with van der Waals surface area (Å²) < 4.78 is 12.9. The summed E-state index contributed by atoms with van der Waals surface area (Å²) in [6.45, 7) is 7.25. The number of nitrogens with zero attached hydrogens (tertiary/aromatic N) is 3. The zero-order chi connectivity index (χ0) is 36.0. The number of rotatable bonds is 11. The van der Waals surface area contributed by atoms with E-state index in [-0.39, 0.29) is 50.3 Å². The number of ether oxygens (including phenoxy) is 2. The van der Waals surface area contributed by atoms with Crippen LogP contribution in [0.15, 0.2) is 77.3 Å². The number of esters is 1. The largest absolute Gasteiger partial charge is 0.441 e. The minimum atomic E-state index is -3.04. The van der Waals surface area contributed by atoms with Crippen molar-refractivity contribution in [1.29, 1.82) is 0 Å². The molecule has 3 aromatic rings. The molecule has 0 aliphatic carbocycles. The van der Waals surface area contributed by atoms with E-state index in [9.17, 15) is 29.1 Å². The standard InChI is InChI=1S/C37H42BrN3O8Si/c1-23-35(50(3,4)47)31(19-32(44)39(15-16-42)21-25-9-6-5-7-10-25)49-37(23)29-18-27(38)13-14-30(29)40(36(37)46)22-26-11-8-12-28(17-26)41-33(45)20-34(41)48-24(2)43/h5-14,17-18,23,31,34-35,42,47H,15-16,19-22H2,1-4H3/t23-,31+,34?,35-,37+/m0/s1. The molecule has 5 atom stereocenters. The highest BCUT2D eigenvalue weighted by atomic mass is 79.9. The summed E-state index contributed by atoms with van der Waals surface area (Å²) in [5.41, 5.74) is 1.61. The molecule has 0 bridgehead atoms. The molecule has 0 saturated carbocycles. The van der Waals surface area contributed by atoms with Gasteiger partial charge in [0.1, 0.15) is 0 Å². The Balaban J connectivity index is 1.32. The first-order chi connectivity index (χ1) is 23.7. The van der Waals surface area contributed by atoms with Crippen molar-refractivity contribution in [2.24, 2.45) is 5.92 Å². The summed E-state index contributed by atoms with van der Waals surface area (Å²) >= 11 is 3.58. The fourth-order valence-electron chi connectivity index (χ4n) is 7.89. The van der Waals surface area contributed by atoms with Crippen LogP contribution in [0, 0.1) is 5.92 Å². The molecule has 0 radical (unpaired) electrons. The minimum Gasteiger partial charge on any atom is -0.441 e. The smallest absolute Gasteiger partial charge is 0.304 e. The molecule has 13 heteroatoms. The van der Waals surface area contributed by atoms with Crippen LogP contribution >= 0.6 is 15.9 Å². The van der Waals surface area contributed by atoms with Gasteiger partial charge in [-0.15, -0.1) is 0 Å². The van der Waals surface area contributed by atoms with Gasteiger partial charge in [0.15, 0.2) is 20.1 Å². The van der Waals surface area contributed by atoms with Gasteiger partial charge in [0.05, 0.1) is 37.8 Å². The number of fused-ring (bicyclic) bond motifs is 2. The molecule has 2 saturated heterocycles. The van der Waals surface area contributed by atoms with Crippen LogP contribution in [0.25, 0.3) is 0 Å². The molecule has 3 aliphatic rings. The highest BCUT2D eigenvalue weighted by Gasteiger charge is 2.66. The maximum Gasteiger partial charge on any atom is 0.304 e.